The minimum absolute atomic E-state index is 0.00115. The second-order valence-corrected chi connectivity index (χ2v) is 14.5. The second kappa shape index (κ2) is 11.4. The highest BCUT2D eigenvalue weighted by Crippen LogP contribution is 2.42. The third kappa shape index (κ3) is 5.83. The molecule has 238 valence electrons. The lowest BCUT2D eigenvalue weighted by molar-refractivity contribution is -0.832. The van der Waals surface area contributed by atoms with E-state index in [9.17, 15) is 18.4 Å². The van der Waals surface area contributed by atoms with E-state index >= 15 is 0 Å². The van der Waals surface area contributed by atoms with Crippen LogP contribution in [-0.4, -0.2) is 43.2 Å². The lowest BCUT2D eigenvalue weighted by Gasteiger charge is -2.29. The Morgan fingerprint density at radius 3 is 2.63 bits per heavy atom. The number of hydrogen-bond donors (Lipinski definition) is 2. The van der Waals surface area contributed by atoms with Gasteiger partial charge in [0.05, 0.1) is 22.1 Å². The molecule has 3 heterocycles. The number of benzene rings is 3. The Hall–Kier alpha value is -5.10. The van der Waals surface area contributed by atoms with Crippen molar-refractivity contribution in [2.45, 2.75) is 55.6 Å². The van der Waals surface area contributed by atoms with Crippen molar-refractivity contribution in [3.63, 3.8) is 0 Å². The summed E-state index contributed by atoms with van der Waals surface area (Å²) < 4.78 is 42.2. The lowest BCUT2D eigenvalue weighted by Crippen LogP contribution is -2.31. The average molecular weight is 643 g/mol. The fraction of sp³-hybridized carbons (Fsp3) is 0.265. The highest BCUT2D eigenvalue weighted by molar-refractivity contribution is 7.91. The van der Waals surface area contributed by atoms with Crippen LogP contribution in [0.5, 0.6) is 11.6 Å². The van der Waals surface area contributed by atoms with Gasteiger partial charge in [-0.2, -0.15) is 0 Å². The van der Waals surface area contributed by atoms with Gasteiger partial charge >= 0.3 is 10.9 Å². The minimum atomic E-state index is -4.25. The molecule has 1 aliphatic heterocycles. The number of amides is 1. The van der Waals surface area contributed by atoms with Crippen LogP contribution in [0.2, 0.25) is 0 Å². The number of hydrogen-bond acceptors (Lipinski definition) is 8. The van der Waals surface area contributed by atoms with Crippen LogP contribution in [0.4, 0.5) is 0 Å². The first-order chi connectivity index (χ1) is 21.7. The molecule has 2 aromatic heterocycles. The number of ether oxygens (including phenoxy) is 2. The van der Waals surface area contributed by atoms with E-state index in [0.29, 0.717) is 5.75 Å². The van der Waals surface area contributed by atoms with Crippen molar-refractivity contribution in [3.8, 4) is 11.6 Å². The maximum Gasteiger partial charge on any atom is 0.415 e. The Morgan fingerprint density at radius 2 is 1.89 bits per heavy atom. The van der Waals surface area contributed by atoms with E-state index in [4.69, 9.17) is 9.47 Å². The van der Waals surface area contributed by atoms with Crippen LogP contribution in [0.15, 0.2) is 81.3 Å². The van der Waals surface area contributed by atoms with Gasteiger partial charge in [0.1, 0.15) is 18.0 Å². The van der Waals surface area contributed by atoms with Crippen molar-refractivity contribution in [1.29, 1.82) is 0 Å². The molecule has 0 unspecified atom stereocenters. The summed E-state index contributed by atoms with van der Waals surface area (Å²) in [6.07, 6.45) is 7.18. The average Bonchev–Trinajstić information content (AvgIpc) is 3.57. The summed E-state index contributed by atoms with van der Waals surface area (Å²) >= 11 is 0. The second-order valence-electron chi connectivity index (χ2n) is 12.6. The third-order valence-corrected chi connectivity index (χ3v) is 9.43. The number of carbonyl (C=O) groups excluding carboxylic acids is 1. The zero-order valence-electron chi connectivity index (χ0n) is 26.1. The quantitative estimate of drug-likeness (QED) is 0.129. The summed E-state index contributed by atoms with van der Waals surface area (Å²) in [5.41, 5.74) is 4.27. The zero-order chi connectivity index (χ0) is 32.9. The number of nitrogens with one attached hydrogen (secondary N) is 2. The first-order valence-corrected chi connectivity index (χ1v) is 16.2. The largest absolute Gasteiger partial charge is 0.482 e. The van der Waals surface area contributed by atoms with Crippen LogP contribution >= 0.6 is 0 Å². The zero-order valence-corrected chi connectivity index (χ0v) is 26.9. The van der Waals surface area contributed by atoms with Crippen molar-refractivity contribution < 1.29 is 32.2 Å². The molecular weight excluding hydrogens is 608 g/mol. The van der Waals surface area contributed by atoms with Gasteiger partial charge in [0.15, 0.2) is 0 Å². The topological polar surface area (TPSA) is 150 Å². The van der Waals surface area contributed by atoms with E-state index in [1.165, 1.54) is 35.9 Å². The fourth-order valence-electron chi connectivity index (χ4n) is 5.30. The molecule has 0 saturated carbocycles. The Balaban J connectivity index is 1.21. The van der Waals surface area contributed by atoms with E-state index < -0.39 is 32.3 Å². The number of nitrogens with zero attached hydrogens (tertiary/aromatic N) is 2. The number of carbonyl (C=O) groups is 1. The number of fused-ring (bicyclic) bond motifs is 5. The highest BCUT2D eigenvalue weighted by Gasteiger charge is 2.35. The summed E-state index contributed by atoms with van der Waals surface area (Å²) in [7, 11) is -4.25. The number of sulfone groups is 1. The Bertz CT molecular complexity index is 2140. The fourth-order valence-corrected chi connectivity index (χ4v) is 6.59. The van der Waals surface area contributed by atoms with Gasteiger partial charge < -0.3 is 25.0 Å². The first kappa shape index (κ1) is 30.9. The van der Waals surface area contributed by atoms with Crippen LogP contribution in [0.1, 0.15) is 51.3 Å². The molecule has 0 aliphatic carbocycles. The maximum atomic E-state index is 12.9. The number of H-pyrrole nitrogens is 1. The molecule has 0 atom stereocenters. The van der Waals surface area contributed by atoms with Crippen molar-refractivity contribution in [1.82, 2.24) is 15.5 Å². The van der Waals surface area contributed by atoms with E-state index in [1.807, 2.05) is 26.0 Å². The van der Waals surface area contributed by atoms with Crippen molar-refractivity contribution >= 4 is 49.7 Å². The van der Waals surface area contributed by atoms with Crippen LogP contribution in [-0.2, 0) is 20.0 Å². The number of rotatable bonds is 8. The Morgan fingerprint density at radius 1 is 1.13 bits per heavy atom. The normalized spacial score (nSPS) is 14.5. The summed E-state index contributed by atoms with van der Waals surface area (Å²) in [6.45, 7) is 10.3. The van der Waals surface area contributed by atoms with E-state index in [2.05, 4.69) is 65.1 Å². The van der Waals surface area contributed by atoms with Gasteiger partial charge in [-0.25, -0.2) is 8.42 Å². The molecular formula is C34H34N4O7S. The monoisotopic (exact) mass is 642 g/mol. The van der Waals surface area contributed by atoms with Crippen LogP contribution in [0, 0.1) is 5.21 Å². The number of aromatic amines is 1. The number of aromatic nitrogens is 3. The molecule has 0 bridgehead atoms. The van der Waals surface area contributed by atoms with Gasteiger partial charge in [0.2, 0.25) is 5.91 Å². The maximum absolute atomic E-state index is 12.9. The summed E-state index contributed by atoms with van der Waals surface area (Å²) in [4.78, 5) is 16.0. The molecule has 0 saturated heterocycles. The van der Waals surface area contributed by atoms with Crippen LogP contribution in [0.3, 0.4) is 0 Å². The summed E-state index contributed by atoms with van der Waals surface area (Å²) in [5.74, 6) is -0.239. The van der Waals surface area contributed by atoms with Gasteiger partial charge in [-0.05, 0) is 78.3 Å². The molecule has 2 N–H and O–H groups in total. The summed E-state index contributed by atoms with van der Waals surface area (Å²) in [6, 6.07) is 15.9. The van der Waals surface area contributed by atoms with Crippen molar-refractivity contribution in [3.05, 3.63) is 88.6 Å². The molecule has 12 heteroatoms. The van der Waals surface area contributed by atoms with E-state index in [1.54, 1.807) is 12.1 Å². The lowest BCUT2D eigenvalue weighted by atomic mass is 9.86. The standard InChI is InChI=1S/C34H34N4O7S/c1-33(2,3)22-12-13-27-25(20-22)26-19-21(30-24(29(26)36-27)15-16-34(4,5)44-30)11-14-28(39)35-17-18-43-31-32(38(40)45-37-31)46(41,42)23-9-7-6-8-10-23/h6-16,19-20,36H,17-18H2,1-5H3,(H,35,39)/b14-11+. The van der Waals surface area contributed by atoms with Gasteiger partial charge in [-0.3, -0.25) is 9.42 Å². The molecule has 46 heavy (non-hydrogen) atoms. The van der Waals surface area contributed by atoms with Gasteiger partial charge in [-0.15, -0.1) is 0 Å². The minimum Gasteiger partial charge on any atom is -0.482 e. The van der Waals surface area contributed by atoms with Crippen LogP contribution < -0.4 is 19.7 Å². The smallest absolute Gasteiger partial charge is 0.415 e. The first-order valence-electron chi connectivity index (χ1n) is 14.7. The molecule has 0 fully saturated rings. The molecule has 1 amide bonds. The molecule has 0 radical (unpaired) electrons. The molecule has 3 aromatic carbocycles. The van der Waals surface area contributed by atoms with Gasteiger partial charge in [0.25, 0.3) is 9.84 Å². The van der Waals surface area contributed by atoms with Crippen LogP contribution in [0.25, 0.3) is 34.0 Å². The third-order valence-electron chi connectivity index (χ3n) is 7.71. The van der Waals surface area contributed by atoms with Gasteiger partial charge in [-0.1, -0.05) is 45.0 Å². The molecule has 11 nitrogen and oxygen atoms in total. The molecule has 5 aromatic rings. The molecule has 1 aliphatic rings. The Kier molecular flexibility index (Phi) is 7.63. The Labute approximate surface area is 266 Å². The molecule has 6 rings (SSSR count). The van der Waals surface area contributed by atoms with Gasteiger partial charge in [0, 0.05) is 33.5 Å². The summed E-state index contributed by atoms with van der Waals surface area (Å²) in [5, 5.41) is 19.6. The van der Waals surface area contributed by atoms with E-state index in [0.717, 1.165) is 32.9 Å². The highest BCUT2D eigenvalue weighted by atomic mass is 32.2. The predicted octanol–water partition coefficient (Wildman–Crippen LogP) is 5.47. The SMILES string of the molecule is CC1(C)C=Cc2c(c(/C=C/C(=O)NCCOc3no[n+]([O-])c3S(=O)(=O)c3ccccc3)cc3c2[nH]c2ccc(C(C)(C)C)cc23)O1. The predicted molar refractivity (Wildman–Crippen MR) is 173 cm³/mol. The van der Waals surface area contributed by atoms with Crippen molar-refractivity contribution in [2.24, 2.45) is 0 Å². The van der Waals surface area contributed by atoms with E-state index in [-0.39, 0.29) is 28.4 Å². The molecule has 0 spiro atoms. The van der Waals surface area contributed by atoms with Crippen molar-refractivity contribution in [2.75, 3.05) is 13.2 Å².